The number of H-pyrrole nitrogens is 1. The third kappa shape index (κ3) is 6.58. The second kappa shape index (κ2) is 12.3. The summed E-state index contributed by atoms with van der Waals surface area (Å²) < 4.78 is 52.3. The predicted molar refractivity (Wildman–Crippen MR) is 141 cm³/mol. The number of amides is 1. The van der Waals surface area contributed by atoms with E-state index in [4.69, 9.17) is 9.47 Å². The molecule has 212 valence electrons. The minimum absolute atomic E-state index is 0.0677. The Morgan fingerprint density at radius 1 is 0.786 bits per heavy atom. The fraction of sp³-hybridized carbons (Fsp3) is 0.103. The van der Waals surface area contributed by atoms with Crippen LogP contribution in [0.1, 0.15) is 31.1 Å². The molecule has 1 atom stereocenters. The van der Waals surface area contributed by atoms with E-state index in [1.807, 2.05) is 0 Å². The number of aromatic nitrogens is 4. The molecule has 0 saturated carbocycles. The Bertz CT molecular complexity index is 1740. The lowest BCUT2D eigenvalue weighted by Gasteiger charge is -2.18. The maximum atomic E-state index is 13.3. The van der Waals surface area contributed by atoms with Gasteiger partial charge in [-0.1, -0.05) is 9.97 Å². The van der Waals surface area contributed by atoms with Crippen molar-refractivity contribution in [3.05, 3.63) is 120 Å². The number of ether oxygens (including phenoxy) is 2. The van der Waals surface area contributed by atoms with Crippen LogP contribution < -0.4 is 9.88 Å². The topological polar surface area (TPSA) is 127 Å². The van der Waals surface area contributed by atoms with E-state index in [0.29, 0.717) is 11.2 Å². The molecule has 1 amide bonds. The average molecular weight is 577 g/mol. The molecule has 0 fully saturated rings. The van der Waals surface area contributed by atoms with E-state index in [0.717, 1.165) is 36.4 Å². The molecule has 13 heteroatoms. The first-order valence-electron chi connectivity index (χ1n) is 12.4. The van der Waals surface area contributed by atoms with E-state index in [2.05, 4.69) is 20.3 Å². The molecule has 0 saturated heterocycles. The van der Waals surface area contributed by atoms with E-state index < -0.39 is 48.0 Å². The molecular weight excluding hydrogens is 555 g/mol. The average Bonchev–Trinajstić information content (AvgIpc) is 3.49. The number of hydrogen-bond donors (Lipinski definition) is 2. The molecule has 0 aliphatic heterocycles. The van der Waals surface area contributed by atoms with Gasteiger partial charge in [-0.05, 0) is 72.8 Å². The number of nitrogens with one attached hydrogen (secondary N) is 2. The summed E-state index contributed by atoms with van der Waals surface area (Å²) in [6, 6.07) is 14.4. The van der Waals surface area contributed by atoms with Crippen LogP contribution in [0.15, 0.2) is 85.5 Å². The maximum Gasteiger partial charge on any atom is 0.338 e. The summed E-state index contributed by atoms with van der Waals surface area (Å²) in [6.07, 6.45) is 1.63. The molecule has 5 aromatic rings. The summed E-state index contributed by atoms with van der Waals surface area (Å²) in [6.45, 7) is -0.491. The monoisotopic (exact) mass is 576 g/mol. The van der Waals surface area contributed by atoms with Crippen LogP contribution in [0, 0.1) is 17.5 Å². The molecule has 0 aliphatic carbocycles. The highest BCUT2D eigenvalue weighted by atomic mass is 19.1. The maximum absolute atomic E-state index is 13.3. The first-order chi connectivity index (χ1) is 20.3. The molecule has 10 nitrogen and oxygen atoms in total. The molecule has 5 rings (SSSR count). The fourth-order valence-electron chi connectivity index (χ4n) is 3.92. The first-order valence-corrected chi connectivity index (χ1v) is 12.4. The van der Waals surface area contributed by atoms with Crippen molar-refractivity contribution in [2.24, 2.45) is 0 Å². The Morgan fingerprint density at radius 3 is 1.93 bits per heavy atom. The standard InChI is InChI=1S/C29H20F3N5O5/c30-20-7-1-17(2-8-20)27(38)36-25-24-26(34-15-33-24)37(16-35-25)13-23(42-29(40)19-5-11-22(32)12-6-19)14-41-28(39)18-3-9-21(31)10-4-18/h1-12,15-16,23H,13-14H2,(H,33,34,36,38)/p+1/t23-/m0/s1. The number of halogens is 3. The molecule has 0 bridgehead atoms. The summed E-state index contributed by atoms with van der Waals surface area (Å²) in [5.41, 5.74) is 1.01. The van der Waals surface area contributed by atoms with Gasteiger partial charge in [0, 0.05) is 5.56 Å². The van der Waals surface area contributed by atoms with Gasteiger partial charge < -0.3 is 14.5 Å². The van der Waals surface area contributed by atoms with Crippen LogP contribution in [0.2, 0.25) is 0 Å². The number of rotatable bonds is 9. The van der Waals surface area contributed by atoms with E-state index >= 15 is 0 Å². The van der Waals surface area contributed by atoms with Gasteiger partial charge in [-0.2, -0.15) is 0 Å². The van der Waals surface area contributed by atoms with Gasteiger partial charge in [0.1, 0.15) is 30.6 Å². The summed E-state index contributed by atoms with van der Waals surface area (Å²) in [4.78, 5) is 49.4. The SMILES string of the molecule is O=C(Nc1nc[n+](C[C@@H](COC(=O)c2ccc(F)cc2)OC(=O)c2ccc(F)cc2)c2nc[nH]c12)c1ccc(F)cc1. The van der Waals surface area contributed by atoms with Crippen molar-refractivity contribution in [3.63, 3.8) is 0 Å². The van der Waals surface area contributed by atoms with Crippen LogP contribution in [-0.4, -0.2) is 45.5 Å². The highest BCUT2D eigenvalue weighted by Crippen LogP contribution is 2.16. The van der Waals surface area contributed by atoms with E-state index in [1.54, 1.807) is 0 Å². The van der Waals surface area contributed by atoms with Crippen LogP contribution >= 0.6 is 0 Å². The lowest BCUT2D eigenvalue weighted by molar-refractivity contribution is -0.682. The Morgan fingerprint density at radius 2 is 1.33 bits per heavy atom. The van der Waals surface area contributed by atoms with Gasteiger partial charge in [0.2, 0.25) is 12.1 Å². The van der Waals surface area contributed by atoms with Crippen LogP contribution in [0.25, 0.3) is 11.2 Å². The fourth-order valence-corrected chi connectivity index (χ4v) is 3.92. The van der Waals surface area contributed by atoms with Crippen molar-refractivity contribution < 1.29 is 41.6 Å². The second-order valence-electron chi connectivity index (χ2n) is 8.95. The molecule has 2 aromatic heterocycles. The zero-order valence-corrected chi connectivity index (χ0v) is 21.6. The molecule has 0 spiro atoms. The van der Waals surface area contributed by atoms with Gasteiger partial charge in [0.25, 0.3) is 11.6 Å². The summed E-state index contributed by atoms with van der Waals surface area (Å²) in [5.74, 6) is -3.52. The Balaban J connectivity index is 1.36. The lowest BCUT2D eigenvalue weighted by atomic mass is 10.2. The highest BCUT2D eigenvalue weighted by Gasteiger charge is 2.25. The largest absolute Gasteiger partial charge is 0.458 e. The van der Waals surface area contributed by atoms with E-state index in [9.17, 15) is 27.6 Å². The molecule has 2 N–H and O–H groups in total. The molecule has 0 radical (unpaired) electrons. The van der Waals surface area contributed by atoms with Crippen LogP contribution in [0.3, 0.4) is 0 Å². The van der Waals surface area contributed by atoms with E-state index in [1.165, 1.54) is 53.6 Å². The van der Waals surface area contributed by atoms with Crippen molar-refractivity contribution in [1.82, 2.24) is 15.0 Å². The summed E-state index contributed by atoms with van der Waals surface area (Å²) in [5, 5.41) is 2.64. The number of imidazole rings is 1. The van der Waals surface area contributed by atoms with Gasteiger partial charge in [-0.25, -0.2) is 27.3 Å². The molecule has 3 aromatic carbocycles. The second-order valence-corrected chi connectivity index (χ2v) is 8.95. The van der Waals surface area contributed by atoms with E-state index in [-0.39, 0.29) is 29.1 Å². The smallest absolute Gasteiger partial charge is 0.338 e. The van der Waals surface area contributed by atoms with Gasteiger partial charge in [-0.15, -0.1) is 0 Å². The molecule has 2 heterocycles. The number of aromatic amines is 1. The van der Waals surface area contributed by atoms with Gasteiger partial charge in [0.15, 0.2) is 17.9 Å². The van der Waals surface area contributed by atoms with Crippen molar-refractivity contribution >= 4 is 34.8 Å². The number of carbonyl (C=O) groups excluding carboxylic acids is 3. The summed E-state index contributed by atoms with van der Waals surface area (Å²) >= 11 is 0. The Kier molecular flexibility index (Phi) is 8.18. The number of carbonyl (C=O) groups is 3. The van der Waals surface area contributed by atoms with Gasteiger partial charge in [0.05, 0.1) is 11.1 Å². The van der Waals surface area contributed by atoms with Crippen LogP contribution in [0.4, 0.5) is 19.0 Å². The minimum Gasteiger partial charge on any atom is -0.458 e. The third-order valence-electron chi connectivity index (χ3n) is 6.03. The van der Waals surface area contributed by atoms with Gasteiger partial charge >= 0.3 is 11.9 Å². The molecule has 0 aliphatic rings. The van der Waals surface area contributed by atoms with Crippen LogP contribution in [0.5, 0.6) is 0 Å². The molecule has 42 heavy (non-hydrogen) atoms. The zero-order chi connectivity index (χ0) is 29.6. The normalized spacial score (nSPS) is 11.6. The lowest BCUT2D eigenvalue weighted by Crippen LogP contribution is -2.45. The third-order valence-corrected chi connectivity index (χ3v) is 6.03. The van der Waals surface area contributed by atoms with Gasteiger partial charge in [-0.3, -0.25) is 10.1 Å². The van der Waals surface area contributed by atoms with Crippen molar-refractivity contribution in [2.45, 2.75) is 12.6 Å². The Hall–Kier alpha value is -5.59. The zero-order valence-electron chi connectivity index (χ0n) is 21.6. The number of hydrogen-bond acceptors (Lipinski definition) is 7. The van der Waals surface area contributed by atoms with Crippen molar-refractivity contribution in [2.75, 3.05) is 11.9 Å². The molecule has 0 unspecified atom stereocenters. The Labute approximate surface area is 235 Å². The highest BCUT2D eigenvalue weighted by molar-refractivity contribution is 6.06. The van der Waals surface area contributed by atoms with Crippen molar-refractivity contribution in [3.8, 4) is 0 Å². The van der Waals surface area contributed by atoms with Crippen LogP contribution in [-0.2, 0) is 16.0 Å². The quantitative estimate of drug-likeness (QED) is 0.201. The number of nitrogens with zero attached hydrogens (tertiary/aromatic N) is 3. The number of fused-ring (bicyclic) bond motifs is 1. The predicted octanol–water partition coefficient (Wildman–Crippen LogP) is 4.00. The summed E-state index contributed by atoms with van der Waals surface area (Å²) in [7, 11) is 0. The van der Waals surface area contributed by atoms with Crippen molar-refractivity contribution in [1.29, 1.82) is 0 Å². The number of benzene rings is 3. The minimum atomic E-state index is -1.07. The molecular formula is C29H21F3N5O5+. The number of anilines is 1. The first kappa shape index (κ1) is 28.0. The number of esters is 2.